The Morgan fingerprint density at radius 3 is 2.74 bits per heavy atom. The highest BCUT2D eigenvalue weighted by Crippen LogP contribution is 2.26. The zero-order valence-corrected chi connectivity index (χ0v) is 14.4. The highest BCUT2D eigenvalue weighted by Gasteiger charge is 2.14. The predicted molar refractivity (Wildman–Crippen MR) is 94.0 cm³/mol. The number of thiazole rings is 1. The number of nitrogens with zero attached hydrogens (tertiary/aromatic N) is 3. The zero-order valence-electron chi connectivity index (χ0n) is 12.8. The maximum absolute atomic E-state index is 12.2. The molecule has 0 atom stereocenters. The third-order valence-corrected chi connectivity index (χ3v) is 4.79. The first kappa shape index (κ1) is 15.8. The van der Waals surface area contributed by atoms with Crippen LogP contribution in [0.1, 0.15) is 29.3 Å². The molecule has 0 saturated carbocycles. The Labute approximate surface area is 142 Å². The summed E-state index contributed by atoms with van der Waals surface area (Å²) < 4.78 is 0. The van der Waals surface area contributed by atoms with E-state index in [1.54, 1.807) is 5.38 Å². The summed E-state index contributed by atoms with van der Waals surface area (Å²) >= 11 is 2.86. The van der Waals surface area contributed by atoms with Crippen LogP contribution in [-0.4, -0.2) is 21.1 Å². The van der Waals surface area contributed by atoms with Gasteiger partial charge in [0.25, 0.3) is 5.91 Å². The molecule has 2 heterocycles. The molecule has 0 saturated heterocycles. The van der Waals surface area contributed by atoms with Gasteiger partial charge < -0.3 is 0 Å². The molecule has 2 aromatic heterocycles. The van der Waals surface area contributed by atoms with E-state index in [0.717, 1.165) is 22.0 Å². The average molecular weight is 344 g/mol. The summed E-state index contributed by atoms with van der Waals surface area (Å²) in [4.78, 5) is 16.6. The van der Waals surface area contributed by atoms with Crippen LogP contribution < -0.4 is 5.32 Å². The van der Waals surface area contributed by atoms with Gasteiger partial charge in [-0.05, 0) is 5.92 Å². The molecule has 0 unspecified atom stereocenters. The lowest BCUT2D eigenvalue weighted by atomic mass is 10.1. The van der Waals surface area contributed by atoms with E-state index < -0.39 is 0 Å². The lowest BCUT2D eigenvalue weighted by Gasteiger charge is -1.99. The lowest BCUT2D eigenvalue weighted by Crippen LogP contribution is -2.12. The lowest BCUT2D eigenvalue weighted by molar-refractivity contribution is 0.102. The summed E-state index contributed by atoms with van der Waals surface area (Å²) in [5, 5.41) is 14.9. The van der Waals surface area contributed by atoms with E-state index in [9.17, 15) is 4.79 Å². The smallest absolute Gasteiger partial charge is 0.276 e. The second-order valence-electron chi connectivity index (χ2n) is 5.46. The van der Waals surface area contributed by atoms with Gasteiger partial charge in [-0.15, -0.1) is 21.5 Å². The van der Waals surface area contributed by atoms with Gasteiger partial charge in [0.15, 0.2) is 0 Å². The first-order valence-corrected chi connectivity index (χ1v) is 8.96. The molecule has 118 valence electrons. The SMILES string of the molecule is CC(C)Cc1nc(C(=O)Nc2nnc(-c3ccccc3)s2)cs1. The molecule has 3 aromatic rings. The van der Waals surface area contributed by atoms with Gasteiger partial charge >= 0.3 is 0 Å². The molecule has 1 N–H and O–H groups in total. The van der Waals surface area contributed by atoms with Gasteiger partial charge in [0.05, 0.1) is 5.01 Å². The van der Waals surface area contributed by atoms with E-state index in [2.05, 4.69) is 34.3 Å². The Kier molecular flexibility index (Phi) is 4.78. The van der Waals surface area contributed by atoms with Crippen molar-refractivity contribution in [3.8, 4) is 10.6 Å². The Hall–Kier alpha value is -2.12. The minimum atomic E-state index is -0.244. The number of nitrogens with one attached hydrogen (secondary N) is 1. The third-order valence-electron chi connectivity index (χ3n) is 3.03. The Bertz CT molecular complexity index is 795. The summed E-state index contributed by atoms with van der Waals surface area (Å²) in [5.74, 6) is 0.278. The molecule has 5 nitrogen and oxygen atoms in total. The van der Waals surface area contributed by atoms with Crippen molar-refractivity contribution in [3.63, 3.8) is 0 Å². The second-order valence-corrected chi connectivity index (χ2v) is 7.38. The van der Waals surface area contributed by atoms with Crippen LogP contribution in [-0.2, 0) is 6.42 Å². The first-order valence-electron chi connectivity index (χ1n) is 7.26. The number of hydrogen-bond donors (Lipinski definition) is 1. The van der Waals surface area contributed by atoms with Crippen LogP contribution in [0.2, 0.25) is 0 Å². The Morgan fingerprint density at radius 2 is 2.00 bits per heavy atom. The number of aromatic nitrogens is 3. The van der Waals surface area contributed by atoms with E-state index in [0.29, 0.717) is 16.7 Å². The molecule has 0 radical (unpaired) electrons. The van der Waals surface area contributed by atoms with E-state index in [-0.39, 0.29) is 5.91 Å². The normalized spacial score (nSPS) is 10.9. The van der Waals surface area contributed by atoms with Crippen molar-refractivity contribution >= 4 is 33.7 Å². The fourth-order valence-corrected chi connectivity index (χ4v) is 3.72. The quantitative estimate of drug-likeness (QED) is 0.756. The monoisotopic (exact) mass is 344 g/mol. The van der Waals surface area contributed by atoms with Gasteiger partial charge in [-0.1, -0.05) is 55.5 Å². The summed E-state index contributed by atoms with van der Waals surface area (Å²) in [6.45, 7) is 4.26. The average Bonchev–Trinajstić information content (AvgIpc) is 3.17. The fourth-order valence-electron chi connectivity index (χ4n) is 1.99. The largest absolute Gasteiger partial charge is 0.295 e. The van der Waals surface area contributed by atoms with E-state index in [1.165, 1.54) is 22.7 Å². The highest BCUT2D eigenvalue weighted by atomic mass is 32.1. The number of carbonyl (C=O) groups is 1. The van der Waals surface area contributed by atoms with Gasteiger partial charge in [-0.25, -0.2) is 4.98 Å². The van der Waals surface area contributed by atoms with Crippen LogP contribution in [0.5, 0.6) is 0 Å². The maximum atomic E-state index is 12.2. The molecule has 7 heteroatoms. The topological polar surface area (TPSA) is 67.8 Å². The molecule has 0 fully saturated rings. The number of rotatable bonds is 5. The zero-order chi connectivity index (χ0) is 16.2. The van der Waals surface area contributed by atoms with Crippen LogP contribution in [0.4, 0.5) is 5.13 Å². The van der Waals surface area contributed by atoms with Crippen molar-refractivity contribution in [3.05, 3.63) is 46.4 Å². The molecule has 1 aromatic carbocycles. The third kappa shape index (κ3) is 4.00. The first-order chi connectivity index (χ1) is 11.1. The van der Waals surface area contributed by atoms with Gasteiger partial charge in [-0.2, -0.15) is 0 Å². The predicted octanol–water partition coefficient (Wildman–Crippen LogP) is 4.11. The van der Waals surface area contributed by atoms with Crippen molar-refractivity contribution in [2.75, 3.05) is 5.32 Å². The molecule has 0 spiro atoms. The summed E-state index contributed by atoms with van der Waals surface area (Å²) in [5.41, 5.74) is 1.42. The summed E-state index contributed by atoms with van der Waals surface area (Å²) in [6, 6.07) is 9.76. The van der Waals surface area contributed by atoms with Crippen molar-refractivity contribution < 1.29 is 4.79 Å². The Balaban J connectivity index is 1.69. The van der Waals surface area contributed by atoms with E-state index in [4.69, 9.17) is 0 Å². The number of benzene rings is 1. The minimum absolute atomic E-state index is 0.244. The number of amides is 1. The van der Waals surface area contributed by atoms with Crippen molar-refractivity contribution in [2.24, 2.45) is 5.92 Å². The number of anilines is 1. The minimum Gasteiger partial charge on any atom is -0.295 e. The molecule has 0 bridgehead atoms. The van der Waals surface area contributed by atoms with E-state index in [1.807, 2.05) is 30.3 Å². The van der Waals surface area contributed by atoms with Crippen molar-refractivity contribution in [1.29, 1.82) is 0 Å². The van der Waals surface area contributed by atoms with Crippen LogP contribution in [0, 0.1) is 5.92 Å². The molecular formula is C16H16N4OS2. The van der Waals surface area contributed by atoms with Crippen molar-refractivity contribution in [1.82, 2.24) is 15.2 Å². The molecule has 0 aliphatic heterocycles. The molecule has 23 heavy (non-hydrogen) atoms. The van der Waals surface area contributed by atoms with Crippen LogP contribution in [0.15, 0.2) is 35.7 Å². The molecule has 3 rings (SSSR count). The second kappa shape index (κ2) is 6.97. The van der Waals surface area contributed by atoms with Crippen molar-refractivity contribution in [2.45, 2.75) is 20.3 Å². The summed E-state index contributed by atoms with van der Waals surface area (Å²) in [7, 11) is 0. The van der Waals surface area contributed by atoms with E-state index >= 15 is 0 Å². The number of carbonyl (C=O) groups excluding carboxylic acids is 1. The molecule has 0 aliphatic carbocycles. The van der Waals surface area contributed by atoms with Gasteiger partial charge in [0, 0.05) is 17.4 Å². The molecule has 0 aliphatic rings. The molecule has 1 amide bonds. The van der Waals surface area contributed by atoms with Crippen LogP contribution in [0.3, 0.4) is 0 Å². The van der Waals surface area contributed by atoms with Gasteiger partial charge in [-0.3, -0.25) is 10.1 Å². The Morgan fingerprint density at radius 1 is 1.22 bits per heavy atom. The summed E-state index contributed by atoms with van der Waals surface area (Å²) in [6.07, 6.45) is 0.884. The fraction of sp³-hybridized carbons (Fsp3) is 0.250. The highest BCUT2D eigenvalue weighted by molar-refractivity contribution is 7.18. The molecular weight excluding hydrogens is 328 g/mol. The van der Waals surface area contributed by atoms with Crippen LogP contribution >= 0.6 is 22.7 Å². The number of hydrogen-bond acceptors (Lipinski definition) is 6. The van der Waals surface area contributed by atoms with Gasteiger partial charge in [0.1, 0.15) is 10.7 Å². The van der Waals surface area contributed by atoms with Crippen LogP contribution in [0.25, 0.3) is 10.6 Å². The van der Waals surface area contributed by atoms with Gasteiger partial charge in [0.2, 0.25) is 5.13 Å². The maximum Gasteiger partial charge on any atom is 0.276 e. The standard InChI is InChI=1S/C16H16N4OS2/c1-10(2)8-13-17-12(9-22-13)14(21)18-16-20-19-15(23-16)11-6-4-3-5-7-11/h3-7,9-10H,8H2,1-2H3,(H,18,20,21).